The van der Waals surface area contributed by atoms with Gasteiger partial charge in [0.2, 0.25) is 5.91 Å². The van der Waals surface area contributed by atoms with Gasteiger partial charge in [0.15, 0.2) is 23.0 Å². The van der Waals surface area contributed by atoms with Crippen LogP contribution < -0.4 is 39.8 Å². The number of methoxy groups -OCH3 is 2. The molecule has 0 aromatic heterocycles. The summed E-state index contributed by atoms with van der Waals surface area (Å²) in [5, 5.41) is 9.46. The van der Waals surface area contributed by atoms with Gasteiger partial charge in [0, 0.05) is 42.0 Å². The third-order valence-electron chi connectivity index (χ3n) is 11.7. The molecule has 2 unspecified atom stereocenters. The Bertz CT molecular complexity index is 2480. The van der Waals surface area contributed by atoms with Gasteiger partial charge in [0.1, 0.15) is 13.2 Å². The number of benzene rings is 4. The zero-order valence-corrected chi connectivity index (χ0v) is 33.5. The Morgan fingerprint density at radius 1 is 0.881 bits per heavy atom. The smallest absolute Gasteiger partial charge is 0.261 e. The van der Waals surface area contributed by atoms with Crippen LogP contribution in [-0.2, 0) is 24.4 Å². The number of hydrogen-bond acceptors (Lipinski definition) is 10. The van der Waals surface area contributed by atoms with Gasteiger partial charge in [0.05, 0.1) is 54.8 Å². The molecule has 0 spiro atoms. The van der Waals surface area contributed by atoms with Crippen LogP contribution in [0.3, 0.4) is 0 Å². The number of anilines is 3. The van der Waals surface area contributed by atoms with Gasteiger partial charge >= 0.3 is 0 Å². The topological polar surface area (TPSA) is 143 Å². The Balaban J connectivity index is 0.967. The minimum atomic E-state index is -0.432. The minimum Gasteiger partial charge on any atom is -0.493 e. The molecule has 3 atom stereocenters. The highest BCUT2D eigenvalue weighted by Crippen LogP contribution is 2.43. The van der Waals surface area contributed by atoms with Crippen molar-refractivity contribution in [2.75, 3.05) is 43.3 Å². The number of aliphatic imine (C=N–C) groups is 1. The third-order valence-corrected chi connectivity index (χ3v) is 11.7. The second kappa shape index (κ2) is 15.6. The van der Waals surface area contributed by atoms with Crippen molar-refractivity contribution in [3.8, 4) is 23.0 Å². The van der Waals surface area contributed by atoms with Crippen LogP contribution in [0.4, 0.5) is 22.7 Å². The number of para-hydroxylation sites is 1. The van der Waals surface area contributed by atoms with Gasteiger partial charge in [0.25, 0.3) is 11.8 Å². The van der Waals surface area contributed by atoms with E-state index in [1.165, 1.54) is 5.57 Å². The molecule has 3 N–H and O–H groups in total. The molecular formula is C46H46N6O7. The standard InChI is InChI=1S/C46H46N6O7/c1-26(47-2)44(53)50-31-14-27(24-58-42-20-36-34(18-40(42)56-3)45(54)51-32(22-48-36)16-29-9-5-7-11-38(29)51)13-28(15-31)25-59-43-21-37-35(19-41(43)57-4)46(55)52-33(23-49-37)17-30-10-6-8-12-39(30)52/h5,7-9,11-15,18-21,23,26,32-33,47-48H,6,10,16-17,22,24-25H2,1-4H3,(H,50,53)/t26?,32?,33-/m0/s1. The van der Waals surface area contributed by atoms with E-state index in [9.17, 15) is 14.4 Å². The second-order valence-electron chi connectivity index (χ2n) is 15.4. The maximum atomic E-state index is 14.0. The molecule has 4 aromatic carbocycles. The van der Waals surface area contributed by atoms with Gasteiger partial charge in [-0.3, -0.25) is 24.3 Å². The summed E-state index contributed by atoms with van der Waals surface area (Å²) in [5.41, 5.74) is 8.55. The highest BCUT2D eigenvalue weighted by molar-refractivity contribution is 6.12. The summed E-state index contributed by atoms with van der Waals surface area (Å²) in [6.45, 7) is 2.59. The third kappa shape index (κ3) is 7.05. The number of rotatable bonds is 11. The van der Waals surface area contributed by atoms with Gasteiger partial charge in [-0.05, 0) is 104 Å². The molecule has 9 rings (SSSR count). The van der Waals surface area contributed by atoms with Gasteiger partial charge in [-0.15, -0.1) is 0 Å². The molecule has 5 aliphatic rings. The zero-order valence-electron chi connectivity index (χ0n) is 33.5. The molecule has 13 heteroatoms. The molecular weight excluding hydrogens is 749 g/mol. The van der Waals surface area contributed by atoms with E-state index >= 15 is 0 Å². The first kappa shape index (κ1) is 37.9. The summed E-state index contributed by atoms with van der Waals surface area (Å²) in [4.78, 5) is 49.4. The summed E-state index contributed by atoms with van der Waals surface area (Å²) in [6, 6.07) is 20.1. The van der Waals surface area contributed by atoms with Crippen LogP contribution in [0.2, 0.25) is 0 Å². The molecule has 0 saturated carbocycles. The van der Waals surface area contributed by atoms with Gasteiger partial charge in [-0.1, -0.05) is 24.3 Å². The lowest BCUT2D eigenvalue weighted by Gasteiger charge is -2.24. The number of carbonyl (C=O) groups is 3. The van der Waals surface area contributed by atoms with Crippen molar-refractivity contribution in [3.63, 3.8) is 0 Å². The fourth-order valence-electron chi connectivity index (χ4n) is 8.57. The molecule has 13 nitrogen and oxygen atoms in total. The number of carbonyl (C=O) groups excluding carboxylic acids is 3. The number of likely N-dealkylation sites (N-methyl/N-ethyl adjacent to an activating group) is 1. The molecule has 0 fully saturated rings. The predicted molar refractivity (Wildman–Crippen MR) is 226 cm³/mol. The molecule has 1 aliphatic carbocycles. The molecule has 0 radical (unpaired) electrons. The Morgan fingerprint density at radius 2 is 1.59 bits per heavy atom. The molecule has 4 heterocycles. The van der Waals surface area contributed by atoms with E-state index in [2.05, 4.69) is 28.1 Å². The van der Waals surface area contributed by atoms with Crippen LogP contribution in [0.25, 0.3) is 0 Å². The van der Waals surface area contributed by atoms with E-state index in [4.69, 9.17) is 23.9 Å². The van der Waals surface area contributed by atoms with Crippen molar-refractivity contribution < 1.29 is 33.3 Å². The summed E-state index contributed by atoms with van der Waals surface area (Å²) in [5.74, 6) is 1.30. The Hall–Kier alpha value is -6.60. The maximum absolute atomic E-state index is 14.0. The maximum Gasteiger partial charge on any atom is 0.261 e. The number of allylic oxidation sites excluding steroid dienone is 2. The average molecular weight is 795 g/mol. The summed E-state index contributed by atoms with van der Waals surface area (Å²) < 4.78 is 24.3. The largest absolute Gasteiger partial charge is 0.493 e. The van der Waals surface area contributed by atoms with Gasteiger partial charge in [-0.25, -0.2) is 0 Å². The van der Waals surface area contributed by atoms with E-state index in [0.717, 1.165) is 53.8 Å². The fraction of sp³-hybridized carbons (Fsp3) is 0.304. The van der Waals surface area contributed by atoms with E-state index in [-0.39, 0.29) is 43.0 Å². The van der Waals surface area contributed by atoms with E-state index < -0.39 is 6.04 Å². The SMILES string of the molecule is CNC(C)C(=O)Nc1cc(COc2cc3c(cc2OC)C(=O)N2C4=C(CCC=C4)C[C@H]2C=N3)cc(COc2cc3c(cc2OC)C(=O)N2c4ccccc4CC2CN3)c1. The fourth-order valence-corrected chi connectivity index (χ4v) is 8.57. The molecule has 302 valence electrons. The summed E-state index contributed by atoms with van der Waals surface area (Å²) >= 11 is 0. The van der Waals surface area contributed by atoms with Crippen molar-refractivity contribution in [2.24, 2.45) is 4.99 Å². The molecule has 0 bridgehead atoms. The number of amides is 3. The van der Waals surface area contributed by atoms with Crippen LogP contribution in [-0.4, -0.2) is 74.8 Å². The molecule has 0 saturated heterocycles. The van der Waals surface area contributed by atoms with E-state index in [1.54, 1.807) is 46.4 Å². The number of fused-ring (bicyclic) bond motifs is 7. The van der Waals surface area contributed by atoms with Crippen molar-refractivity contribution in [3.05, 3.63) is 118 Å². The predicted octanol–water partition coefficient (Wildman–Crippen LogP) is 6.94. The number of nitrogens with zero attached hydrogens (tertiary/aromatic N) is 3. The molecule has 3 amide bonds. The van der Waals surface area contributed by atoms with Gasteiger partial charge < -0.3 is 39.8 Å². The highest BCUT2D eigenvalue weighted by Gasteiger charge is 2.39. The van der Waals surface area contributed by atoms with Crippen molar-refractivity contribution in [1.29, 1.82) is 0 Å². The minimum absolute atomic E-state index is 0.00845. The van der Waals surface area contributed by atoms with Crippen LogP contribution in [0.5, 0.6) is 23.0 Å². The van der Waals surface area contributed by atoms with Crippen molar-refractivity contribution in [1.82, 2.24) is 10.2 Å². The monoisotopic (exact) mass is 794 g/mol. The average Bonchev–Trinajstić information content (AvgIpc) is 3.75. The lowest BCUT2D eigenvalue weighted by Crippen LogP contribution is -2.39. The summed E-state index contributed by atoms with van der Waals surface area (Å²) in [6.07, 6.45) is 9.50. The number of ether oxygens (including phenoxy) is 4. The Labute approximate surface area is 342 Å². The first-order chi connectivity index (χ1) is 28.7. The van der Waals surface area contributed by atoms with Crippen LogP contribution in [0.15, 0.2) is 95.1 Å². The lowest BCUT2D eigenvalue weighted by molar-refractivity contribution is -0.117. The highest BCUT2D eigenvalue weighted by atomic mass is 16.5. The molecule has 4 aliphatic heterocycles. The molecule has 4 aromatic rings. The quantitative estimate of drug-likeness (QED) is 0.147. The van der Waals surface area contributed by atoms with Gasteiger partial charge in [-0.2, -0.15) is 0 Å². The second-order valence-corrected chi connectivity index (χ2v) is 15.4. The summed E-state index contributed by atoms with van der Waals surface area (Å²) in [7, 11) is 4.82. The normalized spacial score (nSPS) is 19.0. The van der Waals surface area contributed by atoms with Crippen molar-refractivity contribution in [2.45, 2.75) is 63.9 Å². The first-order valence-electron chi connectivity index (χ1n) is 19.9. The van der Waals surface area contributed by atoms with E-state index in [0.29, 0.717) is 57.7 Å². The Morgan fingerprint density at radius 3 is 2.34 bits per heavy atom. The van der Waals surface area contributed by atoms with Crippen LogP contribution in [0.1, 0.15) is 63.6 Å². The number of nitrogens with one attached hydrogen (secondary N) is 3. The van der Waals surface area contributed by atoms with Crippen LogP contribution in [0, 0.1) is 0 Å². The number of hydrogen-bond donors (Lipinski definition) is 3. The lowest BCUT2D eigenvalue weighted by atomic mass is 10.0. The van der Waals surface area contributed by atoms with Crippen molar-refractivity contribution >= 4 is 46.7 Å². The van der Waals surface area contributed by atoms with E-state index in [1.807, 2.05) is 64.6 Å². The molecule has 59 heavy (non-hydrogen) atoms. The first-order valence-corrected chi connectivity index (χ1v) is 19.9. The Kier molecular flexibility index (Phi) is 10.1. The van der Waals surface area contributed by atoms with Crippen LogP contribution >= 0.6 is 0 Å². The zero-order chi connectivity index (χ0) is 40.8.